The summed E-state index contributed by atoms with van der Waals surface area (Å²) in [5.41, 5.74) is 6.98. The Morgan fingerprint density at radius 2 is 2.00 bits per heavy atom. The number of nitrogens with two attached hydrogens (primary N) is 1. The minimum absolute atomic E-state index is 0.121. The number of hydrogen-bond donors (Lipinski definition) is 3. The average molecular weight is 443 g/mol. The van der Waals surface area contributed by atoms with Crippen molar-refractivity contribution in [2.75, 3.05) is 18.8 Å². The van der Waals surface area contributed by atoms with Crippen molar-refractivity contribution in [3.05, 3.63) is 57.6 Å². The van der Waals surface area contributed by atoms with Crippen molar-refractivity contribution in [2.45, 2.75) is 18.6 Å². The minimum atomic E-state index is -0.796. The first kappa shape index (κ1) is 18.5. The van der Waals surface area contributed by atoms with Gasteiger partial charge in [-0.05, 0) is 36.4 Å². The molecule has 2 aliphatic heterocycles. The van der Waals surface area contributed by atoms with E-state index in [0.717, 1.165) is 10.7 Å². The number of nitrogens with zero attached hydrogens (tertiary/aromatic N) is 1. The minimum Gasteiger partial charge on any atom is -0.467 e. The van der Waals surface area contributed by atoms with Crippen LogP contribution in [0.2, 0.25) is 0 Å². The van der Waals surface area contributed by atoms with Gasteiger partial charge in [0.25, 0.3) is 11.8 Å². The van der Waals surface area contributed by atoms with E-state index in [0.29, 0.717) is 54.1 Å². The summed E-state index contributed by atoms with van der Waals surface area (Å²) in [4.78, 5) is 27.1. The normalized spacial score (nSPS) is 17.5. The number of amides is 2. The standard InChI is InChI=1S/C20H19BrN4O3/c21-14-2-4-17-15(10-14)18(26)24-20(28-17)5-7-25(8-6-20)19(27)12-1-3-16(23)13(9-12)11-22/h1-4,9-11,22H,5-8,23H2,(H,24,26). The highest BCUT2D eigenvalue weighted by molar-refractivity contribution is 9.10. The molecule has 2 aliphatic rings. The van der Waals surface area contributed by atoms with Crippen molar-refractivity contribution in [1.82, 2.24) is 10.2 Å². The Hall–Kier alpha value is -2.87. The molecule has 4 N–H and O–H groups in total. The zero-order valence-corrected chi connectivity index (χ0v) is 16.6. The van der Waals surface area contributed by atoms with Crippen LogP contribution in [0.15, 0.2) is 40.9 Å². The van der Waals surface area contributed by atoms with Gasteiger partial charge in [-0.3, -0.25) is 9.59 Å². The maximum Gasteiger partial charge on any atom is 0.258 e. The number of nitrogens with one attached hydrogen (secondary N) is 2. The molecule has 0 bridgehead atoms. The number of rotatable bonds is 2. The lowest BCUT2D eigenvalue weighted by atomic mass is 9.96. The smallest absolute Gasteiger partial charge is 0.258 e. The van der Waals surface area contributed by atoms with Crippen molar-refractivity contribution >= 4 is 39.6 Å². The summed E-state index contributed by atoms with van der Waals surface area (Å²) in [6, 6.07) is 10.3. The maximum atomic E-state index is 12.8. The van der Waals surface area contributed by atoms with Crippen LogP contribution in [0, 0.1) is 5.41 Å². The van der Waals surface area contributed by atoms with Gasteiger partial charge in [-0.25, -0.2) is 0 Å². The second-order valence-electron chi connectivity index (χ2n) is 6.97. The predicted octanol–water partition coefficient (Wildman–Crippen LogP) is 2.78. The highest BCUT2D eigenvalue weighted by atomic mass is 79.9. The molecule has 7 nitrogen and oxygen atoms in total. The van der Waals surface area contributed by atoms with E-state index in [4.69, 9.17) is 15.9 Å². The van der Waals surface area contributed by atoms with Crippen LogP contribution in [0.1, 0.15) is 39.1 Å². The number of likely N-dealkylation sites (tertiary alicyclic amines) is 1. The van der Waals surface area contributed by atoms with E-state index < -0.39 is 5.72 Å². The molecule has 0 saturated carbocycles. The summed E-state index contributed by atoms with van der Waals surface area (Å²) in [5.74, 6) is 0.266. The van der Waals surface area contributed by atoms with Crippen molar-refractivity contribution in [1.29, 1.82) is 5.41 Å². The third-order valence-corrected chi connectivity index (χ3v) is 5.67. The number of carbonyl (C=O) groups is 2. The van der Waals surface area contributed by atoms with Gasteiger partial charge < -0.3 is 26.1 Å². The Balaban J connectivity index is 1.49. The van der Waals surface area contributed by atoms with Crippen molar-refractivity contribution in [3.8, 4) is 5.75 Å². The molecule has 28 heavy (non-hydrogen) atoms. The lowest BCUT2D eigenvalue weighted by molar-refractivity contribution is -0.0245. The van der Waals surface area contributed by atoms with E-state index in [1.54, 1.807) is 35.2 Å². The number of hydrogen-bond acceptors (Lipinski definition) is 5. The SMILES string of the molecule is N=Cc1cc(C(=O)N2CCC3(CC2)NC(=O)c2cc(Br)ccc2O3)ccc1N. The van der Waals surface area contributed by atoms with Gasteiger partial charge in [0.05, 0.1) is 5.56 Å². The van der Waals surface area contributed by atoms with Crippen molar-refractivity contribution in [2.24, 2.45) is 0 Å². The third kappa shape index (κ3) is 3.24. The molecule has 2 heterocycles. The van der Waals surface area contributed by atoms with E-state index >= 15 is 0 Å². The van der Waals surface area contributed by atoms with E-state index in [1.807, 2.05) is 6.07 Å². The molecule has 0 atom stereocenters. The van der Waals surface area contributed by atoms with Crippen LogP contribution < -0.4 is 15.8 Å². The van der Waals surface area contributed by atoms with Crippen LogP contribution in [-0.2, 0) is 0 Å². The zero-order valence-electron chi connectivity index (χ0n) is 15.0. The highest BCUT2D eigenvalue weighted by Crippen LogP contribution is 2.35. The molecule has 1 saturated heterocycles. The fraction of sp³-hybridized carbons (Fsp3) is 0.250. The first-order chi connectivity index (χ1) is 13.4. The second-order valence-corrected chi connectivity index (χ2v) is 7.89. The summed E-state index contributed by atoms with van der Waals surface area (Å²) < 4.78 is 6.95. The fourth-order valence-corrected chi connectivity index (χ4v) is 3.95. The lowest BCUT2D eigenvalue weighted by Crippen LogP contribution is -2.61. The van der Waals surface area contributed by atoms with Crippen LogP contribution in [0.5, 0.6) is 5.75 Å². The topological polar surface area (TPSA) is 109 Å². The molecule has 8 heteroatoms. The van der Waals surface area contributed by atoms with E-state index in [-0.39, 0.29) is 11.8 Å². The summed E-state index contributed by atoms with van der Waals surface area (Å²) in [5, 5.41) is 10.4. The second kappa shape index (κ2) is 6.94. The molecular formula is C20H19BrN4O3. The summed E-state index contributed by atoms with van der Waals surface area (Å²) in [6.45, 7) is 0.907. The number of anilines is 1. The molecule has 0 aliphatic carbocycles. The van der Waals surface area contributed by atoms with Gasteiger partial charge in [0, 0.05) is 53.4 Å². The lowest BCUT2D eigenvalue weighted by Gasteiger charge is -2.44. The Labute approximate surface area is 170 Å². The van der Waals surface area contributed by atoms with Gasteiger partial charge in [0.2, 0.25) is 0 Å². The molecule has 0 unspecified atom stereocenters. The van der Waals surface area contributed by atoms with Crippen LogP contribution in [-0.4, -0.2) is 41.7 Å². The predicted molar refractivity (Wildman–Crippen MR) is 109 cm³/mol. The van der Waals surface area contributed by atoms with E-state index in [1.165, 1.54) is 0 Å². The van der Waals surface area contributed by atoms with Crippen LogP contribution in [0.4, 0.5) is 5.69 Å². The molecular weight excluding hydrogens is 424 g/mol. The van der Waals surface area contributed by atoms with Crippen molar-refractivity contribution < 1.29 is 14.3 Å². The van der Waals surface area contributed by atoms with Gasteiger partial charge in [-0.1, -0.05) is 15.9 Å². The number of ether oxygens (including phenoxy) is 1. The zero-order chi connectivity index (χ0) is 19.9. The maximum absolute atomic E-state index is 12.8. The van der Waals surface area contributed by atoms with Gasteiger partial charge in [0.15, 0.2) is 5.72 Å². The first-order valence-corrected chi connectivity index (χ1v) is 9.70. The number of nitrogen functional groups attached to an aromatic ring is 1. The quantitative estimate of drug-likeness (QED) is 0.490. The van der Waals surface area contributed by atoms with Gasteiger partial charge in [-0.15, -0.1) is 0 Å². The molecule has 2 aromatic rings. The first-order valence-electron chi connectivity index (χ1n) is 8.91. The Morgan fingerprint density at radius 3 is 2.71 bits per heavy atom. The van der Waals surface area contributed by atoms with Crippen molar-refractivity contribution in [3.63, 3.8) is 0 Å². The van der Waals surface area contributed by atoms with Crippen LogP contribution in [0.3, 0.4) is 0 Å². The monoisotopic (exact) mass is 442 g/mol. The van der Waals surface area contributed by atoms with Crippen LogP contribution >= 0.6 is 15.9 Å². The number of piperidine rings is 1. The number of halogens is 1. The largest absolute Gasteiger partial charge is 0.467 e. The molecule has 144 valence electrons. The van der Waals surface area contributed by atoms with Gasteiger partial charge in [0.1, 0.15) is 5.75 Å². The summed E-state index contributed by atoms with van der Waals surface area (Å²) >= 11 is 3.36. The molecule has 4 rings (SSSR count). The van der Waals surface area contributed by atoms with Gasteiger partial charge >= 0.3 is 0 Å². The van der Waals surface area contributed by atoms with E-state index in [2.05, 4.69) is 21.2 Å². The van der Waals surface area contributed by atoms with Gasteiger partial charge in [-0.2, -0.15) is 0 Å². The van der Waals surface area contributed by atoms with Crippen LogP contribution in [0.25, 0.3) is 0 Å². The number of carbonyl (C=O) groups excluding carboxylic acids is 2. The van der Waals surface area contributed by atoms with E-state index in [9.17, 15) is 9.59 Å². The molecule has 1 fully saturated rings. The molecule has 2 amide bonds. The summed E-state index contributed by atoms with van der Waals surface area (Å²) in [6.07, 6.45) is 2.12. The fourth-order valence-electron chi connectivity index (χ4n) is 3.59. The number of benzene rings is 2. The third-order valence-electron chi connectivity index (χ3n) is 5.18. The molecule has 2 aromatic carbocycles. The highest BCUT2D eigenvalue weighted by Gasteiger charge is 2.43. The molecule has 0 aromatic heterocycles. The Bertz CT molecular complexity index is 983. The molecule has 1 spiro atoms. The Morgan fingerprint density at radius 1 is 1.25 bits per heavy atom. The summed E-state index contributed by atoms with van der Waals surface area (Å²) in [7, 11) is 0. The molecule has 0 radical (unpaired) electrons. The number of fused-ring (bicyclic) bond motifs is 1. The average Bonchev–Trinajstić information content (AvgIpc) is 2.69. The Kier molecular flexibility index (Phi) is 4.58.